The van der Waals surface area contributed by atoms with Crippen LogP contribution in [0.2, 0.25) is 0 Å². The summed E-state index contributed by atoms with van der Waals surface area (Å²) in [6, 6.07) is 19.4. The Labute approximate surface area is 183 Å². The van der Waals surface area contributed by atoms with Gasteiger partial charge in [0.25, 0.3) is 15.9 Å². The van der Waals surface area contributed by atoms with Gasteiger partial charge in [-0.25, -0.2) is 8.42 Å². The first kappa shape index (κ1) is 19.9. The molecule has 0 aliphatic carbocycles. The average Bonchev–Trinajstić information content (AvgIpc) is 3.15. The molecular weight excluding hydrogens is 499 g/mol. The number of carbonyl (C=O) groups excluding carboxylic acids is 1. The number of halogens is 1. The van der Waals surface area contributed by atoms with Gasteiger partial charge in [-0.3, -0.25) is 9.10 Å². The van der Waals surface area contributed by atoms with Gasteiger partial charge in [0.2, 0.25) is 0 Å². The van der Waals surface area contributed by atoms with E-state index in [9.17, 15) is 13.2 Å². The third-order valence-electron chi connectivity index (χ3n) is 4.98. The summed E-state index contributed by atoms with van der Waals surface area (Å²) < 4.78 is 28.6. The maximum atomic E-state index is 13.1. The zero-order chi connectivity index (χ0) is 20.6. The Bertz CT molecular complexity index is 1190. The number of hydrogen-bond acceptors (Lipinski definition) is 3. The van der Waals surface area contributed by atoms with Crippen molar-refractivity contribution in [2.75, 3.05) is 16.2 Å². The second kappa shape index (κ2) is 7.79. The van der Waals surface area contributed by atoms with Crippen molar-refractivity contribution in [3.63, 3.8) is 0 Å². The largest absolute Gasteiger partial charge is 0.322 e. The molecule has 0 bridgehead atoms. The molecule has 29 heavy (non-hydrogen) atoms. The van der Waals surface area contributed by atoms with Gasteiger partial charge < -0.3 is 5.32 Å². The molecule has 5 nitrogen and oxygen atoms in total. The fraction of sp³-hybridized carbons (Fsp3) is 0.136. The van der Waals surface area contributed by atoms with Crippen LogP contribution in [-0.2, 0) is 16.4 Å². The van der Waals surface area contributed by atoms with Crippen molar-refractivity contribution < 1.29 is 13.2 Å². The van der Waals surface area contributed by atoms with Gasteiger partial charge in [0, 0.05) is 21.4 Å². The van der Waals surface area contributed by atoms with E-state index in [4.69, 9.17) is 0 Å². The molecule has 1 amide bonds. The molecule has 1 aliphatic rings. The van der Waals surface area contributed by atoms with Crippen LogP contribution in [0.5, 0.6) is 0 Å². The number of carbonyl (C=O) groups is 1. The summed E-state index contributed by atoms with van der Waals surface area (Å²) in [4.78, 5) is 12.7. The minimum Gasteiger partial charge on any atom is -0.322 e. The average molecular weight is 518 g/mol. The van der Waals surface area contributed by atoms with Crippen LogP contribution >= 0.6 is 22.6 Å². The highest BCUT2D eigenvalue weighted by molar-refractivity contribution is 14.1. The van der Waals surface area contributed by atoms with Crippen molar-refractivity contribution in [3.05, 3.63) is 87.0 Å². The van der Waals surface area contributed by atoms with E-state index < -0.39 is 10.0 Å². The molecule has 0 saturated heterocycles. The highest BCUT2D eigenvalue weighted by Crippen LogP contribution is 2.32. The third kappa shape index (κ3) is 3.89. The second-order valence-electron chi connectivity index (χ2n) is 6.90. The van der Waals surface area contributed by atoms with Crippen molar-refractivity contribution in [2.45, 2.75) is 18.2 Å². The van der Waals surface area contributed by atoms with E-state index >= 15 is 0 Å². The van der Waals surface area contributed by atoms with Gasteiger partial charge in [-0.15, -0.1) is 0 Å². The number of hydrogen-bond donors (Lipinski definition) is 1. The number of para-hydroxylation sites is 1. The molecule has 4 rings (SSSR count). The first-order valence-corrected chi connectivity index (χ1v) is 11.7. The fourth-order valence-corrected chi connectivity index (χ4v) is 5.35. The van der Waals surface area contributed by atoms with Crippen molar-refractivity contribution in [2.24, 2.45) is 0 Å². The highest BCUT2D eigenvalue weighted by Gasteiger charge is 2.30. The number of benzene rings is 3. The van der Waals surface area contributed by atoms with Gasteiger partial charge in [0.05, 0.1) is 10.6 Å². The summed E-state index contributed by atoms with van der Waals surface area (Å²) in [6.45, 7) is 2.42. The summed E-state index contributed by atoms with van der Waals surface area (Å²) >= 11 is 2.19. The Morgan fingerprint density at radius 3 is 2.48 bits per heavy atom. The second-order valence-corrected chi connectivity index (χ2v) is 9.92. The van der Waals surface area contributed by atoms with Crippen LogP contribution in [0.1, 0.15) is 21.5 Å². The van der Waals surface area contributed by atoms with E-state index in [2.05, 4.69) is 27.9 Å². The molecule has 0 unspecified atom stereocenters. The van der Waals surface area contributed by atoms with Crippen molar-refractivity contribution in [1.29, 1.82) is 0 Å². The van der Waals surface area contributed by atoms with E-state index in [1.807, 2.05) is 43.3 Å². The molecule has 0 saturated carbocycles. The summed E-state index contributed by atoms with van der Waals surface area (Å²) in [6.07, 6.45) is 0.707. The Morgan fingerprint density at radius 1 is 1.03 bits per heavy atom. The highest BCUT2D eigenvalue weighted by atomic mass is 127. The van der Waals surface area contributed by atoms with Crippen LogP contribution < -0.4 is 9.62 Å². The van der Waals surface area contributed by atoms with Crippen molar-refractivity contribution in [1.82, 2.24) is 0 Å². The first-order chi connectivity index (χ1) is 13.9. The lowest BCUT2D eigenvalue weighted by Crippen LogP contribution is -2.29. The van der Waals surface area contributed by atoms with E-state index in [0.29, 0.717) is 24.2 Å². The molecule has 7 heteroatoms. The predicted molar refractivity (Wildman–Crippen MR) is 123 cm³/mol. The zero-order valence-corrected chi connectivity index (χ0v) is 18.7. The van der Waals surface area contributed by atoms with E-state index in [-0.39, 0.29) is 10.8 Å². The number of sulfonamides is 1. The molecule has 0 spiro atoms. The quantitative estimate of drug-likeness (QED) is 0.514. The molecule has 1 N–H and O–H groups in total. The normalized spacial score (nSPS) is 13.2. The Hall–Kier alpha value is -2.39. The number of fused-ring (bicyclic) bond motifs is 1. The van der Waals surface area contributed by atoms with Gasteiger partial charge in [-0.2, -0.15) is 0 Å². The maximum Gasteiger partial charge on any atom is 0.264 e. The van der Waals surface area contributed by atoms with E-state index in [1.165, 1.54) is 16.4 Å². The summed E-state index contributed by atoms with van der Waals surface area (Å²) in [5, 5.41) is 2.82. The lowest BCUT2D eigenvalue weighted by Gasteiger charge is -2.19. The Kier molecular flexibility index (Phi) is 5.35. The molecular formula is C22H19IN2O3S. The number of anilines is 2. The monoisotopic (exact) mass is 518 g/mol. The van der Waals surface area contributed by atoms with Crippen LogP contribution in [-0.4, -0.2) is 20.9 Å². The molecule has 1 aliphatic heterocycles. The fourth-order valence-electron chi connectivity index (χ4n) is 3.33. The number of aryl methyl sites for hydroxylation is 1. The van der Waals surface area contributed by atoms with Crippen LogP contribution in [0, 0.1) is 10.5 Å². The lowest BCUT2D eigenvalue weighted by atomic mass is 10.1. The minimum atomic E-state index is -3.64. The molecule has 0 fully saturated rings. The van der Waals surface area contributed by atoms with Gasteiger partial charge in [-0.1, -0.05) is 24.3 Å². The number of rotatable bonds is 4. The van der Waals surface area contributed by atoms with Crippen molar-refractivity contribution in [3.8, 4) is 0 Å². The number of nitrogens with one attached hydrogen (secondary N) is 1. The summed E-state index contributed by atoms with van der Waals surface area (Å²) in [5.74, 6) is -0.230. The van der Waals surface area contributed by atoms with Gasteiger partial charge >= 0.3 is 0 Å². The predicted octanol–water partition coefficient (Wildman–Crippen LogP) is 4.60. The van der Waals surface area contributed by atoms with Gasteiger partial charge in [-0.05, 0) is 89.5 Å². The summed E-state index contributed by atoms with van der Waals surface area (Å²) in [5.41, 5.74) is 3.99. The maximum absolute atomic E-state index is 13.1. The molecule has 148 valence electrons. The third-order valence-corrected chi connectivity index (χ3v) is 7.97. The van der Waals surface area contributed by atoms with Crippen LogP contribution in [0.4, 0.5) is 11.4 Å². The smallest absolute Gasteiger partial charge is 0.264 e. The Morgan fingerprint density at radius 2 is 1.76 bits per heavy atom. The molecule has 1 heterocycles. The number of amides is 1. The molecule has 3 aromatic carbocycles. The van der Waals surface area contributed by atoms with Gasteiger partial charge in [0.1, 0.15) is 0 Å². The standard InChI is InChI=1S/C22H19IN2O3S/c1-15-6-7-17(14-20(15)23)22(26)24-18-8-10-19(11-9-18)29(27,28)25-13-12-16-4-2-3-5-21(16)25/h2-11,14H,12-13H2,1H3,(H,24,26). The molecule has 0 radical (unpaired) electrons. The lowest BCUT2D eigenvalue weighted by molar-refractivity contribution is 0.102. The van der Waals surface area contributed by atoms with Crippen LogP contribution in [0.15, 0.2) is 71.6 Å². The van der Waals surface area contributed by atoms with E-state index in [0.717, 1.165) is 20.4 Å². The summed E-state index contributed by atoms with van der Waals surface area (Å²) in [7, 11) is -3.64. The van der Waals surface area contributed by atoms with E-state index in [1.54, 1.807) is 18.2 Å². The molecule has 0 atom stereocenters. The molecule has 0 aromatic heterocycles. The Balaban J connectivity index is 1.53. The van der Waals surface area contributed by atoms with Crippen LogP contribution in [0.3, 0.4) is 0 Å². The van der Waals surface area contributed by atoms with Crippen LogP contribution in [0.25, 0.3) is 0 Å². The number of nitrogens with zero attached hydrogens (tertiary/aromatic N) is 1. The molecule has 3 aromatic rings. The van der Waals surface area contributed by atoms with Gasteiger partial charge in [0.15, 0.2) is 0 Å². The van der Waals surface area contributed by atoms with Crippen molar-refractivity contribution >= 4 is 49.9 Å². The zero-order valence-electron chi connectivity index (χ0n) is 15.7. The minimum absolute atomic E-state index is 0.206. The SMILES string of the molecule is Cc1ccc(C(=O)Nc2ccc(S(=O)(=O)N3CCc4ccccc43)cc2)cc1I. The first-order valence-electron chi connectivity index (χ1n) is 9.14. The topological polar surface area (TPSA) is 66.5 Å².